The molecule has 0 aliphatic rings. The molecule has 0 fully saturated rings. The van der Waals surface area contributed by atoms with E-state index in [1.807, 2.05) is 61.5 Å². The zero-order chi connectivity index (χ0) is 15.9. The molecular weight excluding hydrogens is 286 g/mol. The first-order valence-corrected chi connectivity index (χ1v) is 7.67. The molecule has 0 saturated carbocycles. The van der Waals surface area contributed by atoms with Crippen molar-refractivity contribution in [1.29, 1.82) is 0 Å². The molecule has 0 atom stereocenters. The summed E-state index contributed by atoms with van der Waals surface area (Å²) in [5.74, 6) is 1.40. The van der Waals surface area contributed by atoms with E-state index in [9.17, 15) is 0 Å². The van der Waals surface area contributed by atoms with Gasteiger partial charge in [0.2, 0.25) is 5.95 Å². The minimum atomic E-state index is 0.623. The van der Waals surface area contributed by atoms with Gasteiger partial charge in [0, 0.05) is 24.4 Å². The van der Waals surface area contributed by atoms with Crippen molar-refractivity contribution in [2.24, 2.45) is 0 Å². The van der Waals surface area contributed by atoms with Crippen LogP contribution in [-0.2, 0) is 6.54 Å². The van der Waals surface area contributed by atoms with Crippen molar-refractivity contribution in [2.75, 3.05) is 17.2 Å². The maximum absolute atomic E-state index is 4.57. The Kier molecular flexibility index (Phi) is 4.79. The highest BCUT2D eigenvalue weighted by atomic mass is 15.1. The lowest BCUT2D eigenvalue weighted by Crippen LogP contribution is -2.08. The third kappa shape index (κ3) is 4.03. The molecule has 0 radical (unpaired) electrons. The van der Waals surface area contributed by atoms with E-state index in [0.29, 0.717) is 12.5 Å². The number of nitrogens with one attached hydrogen (secondary N) is 2. The highest BCUT2D eigenvalue weighted by Gasteiger charge is 2.06. The summed E-state index contributed by atoms with van der Waals surface area (Å²) in [5, 5.41) is 6.49. The standard InChI is InChI=1S/C18H19N5/c1-2-19-18-22-16(14-8-4-3-5-9-14)12-17(23-18)21-13-15-10-6-7-11-20-15/h3-12H,2,13H2,1H3,(H2,19,21,22,23). The van der Waals surface area contributed by atoms with Crippen molar-refractivity contribution in [3.05, 3.63) is 66.5 Å². The highest BCUT2D eigenvalue weighted by Crippen LogP contribution is 2.21. The largest absolute Gasteiger partial charge is 0.364 e. The number of aromatic nitrogens is 3. The Balaban J connectivity index is 1.85. The van der Waals surface area contributed by atoms with Gasteiger partial charge in [0.1, 0.15) is 5.82 Å². The van der Waals surface area contributed by atoms with Gasteiger partial charge in [0.05, 0.1) is 17.9 Å². The van der Waals surface area contributed by atoms with Gasteiger partial charge in [-0.25, -0.2) is 4.98 Å². The van der Waals surface area contributed by atoms with E-state index in [4.69, 9.17) is 0 Å². The van der Waals surface area contributed by atoms with Gasteiger partial charge in [-0.2, -0.15) is 4.98 Å². The van der Waals surface area contributed by atoms with Crippen LogP contribution < -0.4 is 10.6 Å². The Morgan fingerprint density at radius 3 is 2.48 bits per heavy atom. The summed E-state index contributed by atoms with van der Waals surface area (Å²) in [6.45, 7) is 3.43. The van der Waals surface area contributed by atoms with Crippen LogP contribution in [0.15, 0.2) is 60.8 Å². The minimum absolute atomic E-state index is 0.623. The van der Waals surface area contributed by atoms with E-state index >= 15 is 0 Å². The second kappa shape index (κ2) is 7.35. The van der Waals surface area contributed by atoms with Crippen LogP contribution >= 0.6 is 0 Å². The third-order valence-corrected chi connectivity index (χ3v) is 3.31. The summed E-state index contributed by atoms with van der Waals surface area (Å²) in [7, 11) is 0. The Hall–Kier alpha value is -2.95. The van der Waals surface area contributed by atoms with Gasteiger partial charge >= 0.3 is 0 Å². The lowest BCUT2D eigenvalue weighted by molar-refractivity contribution is 1.01. The van der Waals surface area contributed by atoms with Crippen LogP contribution in [0.3, 0.4) is 0 Å². The monoisotopic (exact) mass is 305 g/mol. The number of hydrogen-bond donors (Lipinski definition) is 2. The van der Waals surface area contributed by atoms with Crippen LogP contribution in [0.2, 0.25) is 0 Å². The van der Waals surface area contributed by atoms with Crippen LogP contribution in [-0.4, -0.2) is 21.5 Å². The van der Waals surface area contributed by atoms with Gasteiger partial charge < -0.3 is 10.6 Å². The predicted molar refractivity (Wildman–Crippen MR) is 93.2 cm³/mol. The Morgan fingerprint density at radius 2 is 1.74 bits per heavy atom. The van der Waals surface area contributed by atoms with E-state index in [1.54, 1.807) is 6.20 Å². The van der Waals surface area contributed by atoms with E-state index in [1.165, 1.54) is 0 Å². The highest BCUT2D eigenvalue weighted by molar-refractivity contribution is 5.64. The summed E-state index contributed by atoms with van der Waals surface area (Å²) < 4.78 is 0. The molecule has 5 heteroatoms. The molecule has 3 rings (SSSR count). The quantitative estimate of drug-likeness (QED) is 0.729. The summed E-state index contributed by atoms with van der Waals surface area (Å²) in [6, 6.07) is 17.9. The number of hydrogen-bond acceptors (Lipinski definition) is 5. The van der Waals surface area contributed by atoms with E-state index in [0.717, 1.165) is 29.3 Å². The minimum Gasteiger partial charge on any atom is -0.364 e. The van der Waals surface area contributed by atoms with Crippen molar-refractivity contribution in [3.8, 4) is 11.3 Å². The second-order valence-electron chi connectivity index (χ2n) is 5.03. The van der Waals surface area contributed by atoms with E-state index in [-0.39, 0.29) is 0 Å². The zero-order valence-electron chi connectivity index (χ0n) is 13.0. The van der Waals surface area contributed by atoms with Gasteiger partial charge in [-0.05, 0) is 19.1 Å². The Bertz CT molecular complexity index is 744. The first-order chi connectivity index (χ1) is 11.3. The van der Waals surface area contributed by atoms with Crippen LogP contribution in [0.1, 0.15) is 12.6 Å². The lowest BCUT2D eigenvalue weighted by Gasteiger charge is -2.10. The lowest BCUT2D eigenvalue weighted by atomic mass is 10.1. The second-order valence-corrected chi connectivity index (χ2v) is 5.03. The van der Waals surface area contributed by atoms with Gasteiger partial charge in [-0.3, -0.25) is 4.98 Å². The first-order valence-electron chi connectivity index (χ1n) is 7.67. The summed E-state index contributed by atoms with van der Waals surface area (Å²) in [5.41, 5.74) is 2.92. The van der Waals surface area contributed by atoms with Gasteiger partial charge in [0.25, 0.3) is 0 Å². The fraction of sp³-hybridized carbons (Fsp3) is 0.167. The van der Waals surface area contributed by atoms with Crippen molar-refractivity contribution >= 4 is 11.8 Å². The fourth-order valence-electron chi connectivity index (χ4n) is 2.22. The average molecular weight is 305 g/mol. The molecule has 2 heterocycles. The number of rotatable bonds is 6. The third-order valence-electron chi connectivity index (χ3n) is 3.31. The van der Waals surface area contributed by atoms with Crippen LogP contribution in [0.4, 0.5) is 11.8 Å². The molecule has 0 amide bonds. The molecule has 0 spiro atoms. The van der Waals surface area contributed by atoms with Crippen molar-refractivity contribution < 1.29 is 0 Å². The first kappa shape index (κ1) is 15.0. The SMILES string of the molecule is CCNc1nc(NCc2ccccn2)cc(-c2ccccc2)n1. The molecule has 5 nitrogen and oxygen atoms in total. The van der Waals surface area contributed by atoms with Gasteiger partial charge in [-0.15, -0.1) is 0 Å². The molecule has 116 valence electrons. The van der Waals surface area contributed by atoms with Crippen LogP contribution in [0.25, 0.3) is 11.3 Å². The molecule has 2 aromatic heterocycles. The average Bonchev–Trinajstić information content (AvgIpc) is 2.62. The molecule has 0 saturated heterocycles. The summed E-state index contributed by atoms with van der Waals surface area (Å²) >= 11 is 0. The van der Waals surface area contributed by atoms with E-state index < -0.39 is 0 Å². The van der Waals surface area contributed by atoms with Crippen LogP contribution in [0, 0.1) is 0 Å². The molecule has 1 aromatic carbocycles. The van der Waals surface area contributed by atoms with E-state index in [2.05, 4.69) is 25.6 Å². The Labute approximate surface area is 135 Å². The number of nitrogens with zero attached hydrogens (tertiary/aromatic N) is 3. The molecule has 23 heavy (non-hydrogen) atoms. The smallest absolute Gasteiger partial charge is 0.225 e. The molecule has 0 bridgehead atoms. The maximum Gasteiger partial charge on any atom is 0.225 e. The van der Waals surface area contributed by atoms with Crippen molar-refractivity contribution in [2.45, 2.75) is 13.5 Å². The molecule has 0 aliphatic heterocycles. The molecule has 3 aromatic rings. The summed E-state index contributed by atoms with van der Waals surface area (Å²) in [6.07, 6.45) is 1.79. The maximum atomic E-state index is 4.57. The predicted octanol–water partition coefficient (Wildman–Crippen LogP) is 3.58. The number of pyridine rings is 1. The molecular formula is C18H19N5. The molecule has 0 unspecified atom stereocenters. The molecule has 0 aliphatic carbocycles. The van der Waals surface area contributed by atoms with Crippen molar-refractivity contribution in [1.82, 2.24) is 15.0 Å². The van der Waals surface area contributed by atoms with Crippen molar-refractivity contribution in [3.63, 3.8) is 0 Å². The summed E-state index contributed by atoms with van der Waals surface area (Å²) in [4.78, 5) is 13.4. The number of benzene rings is 1. The Morgan fingerprint density at radius 1 is 0.913 bits per heavy atom. The fourth-order valence-corrected chi connectivity index (χ4v) is 2.22. The number of anilines is 2. The normalized spacial score (nSPS) is 10.3. The topological polar surface area (TPSA) is 62.7 Å². The van der Waals surface area contributed by atoms with Gasteiger partial charge in [-0.1, -0.05) is 36.4 Å². The van der Waals surface area contributed by atoms with Crippen LogP contribution in [0.5, 0.6) is 0 Å². The zero-order valence-corrected chi connectivity index (χ0v) is 13.0. The molecule has 2 N–H and O–H groups in total. The van der Waals surface area contributed by atoms with Gasteiger partial charge in [0.15, 0.2) is 0 Å².